The molecular formula is C14H11N5S2. The van der Waals surface area contributed by atoms with Gasteiger partial charge in [-0.3, -0.25) is 4.68 Å². The lowest BCUT2D eigenvalue weighted by Crippen LogP contribution is -2.06. The van der Waals surface area contributed by atoms with Crippen molar-refractivity contribution < 1.29 is 0 Å². The predicted molar refractivity (Wildman–Crippen MR) is 86.5 cm³/mol. The molecule has 4 heterocycles. The molecule has 0 saturated carbocycles. The first-order valence-corrected chi connectivity index (χ1v) is 8.12. The second-order valence-electron chi connectivity index (χ2n) is 4.54. The summed E-state index contributed by atoms with van der Waals surface area (Å²) in [6.45, 7) is 0.527. The molecule has 0 spiro atoms. The fraction of sp³-hybridized carbons (Fsp3) is 0.0714. The number of nitrogens with zero attached hydrogens (tertiary/aromatic N) is 4. The summed E-state index contributed by atoms with van der Waals surface area (Å²) in [6.07, 6.45) is 3.62. The SMILES string of the molecule is Nc1nc(Cn2cccn2)nc2scc(-c3cccs3)c12. The second kappa shape index (κ2) is 4.94. The van der Waals surface area contributed by atoms with Gasteiger partial charge in [0, 0.05) is 28.2 Å². The third-order valence-corrected chi connectivity index (χ3v) is 4.93. The smallest absolute Gasteiger partial charge is 0.153 e. The number of rotatable bonds is 3. The first-order chi connectivity index (χ1) is 10.3. The number of thiophene rings is 2. The molecule has 4 rings (SSSR count). The molecule has 0 atom stereocenters. The lowest BCUT2D eigenvalue weighted by atomic mass is 10.2. The molecule has 0 bridgehead atoms. The highest BCUT2D eigenvalue weighted by Crippen LogP contribution is 2.37. The van der Waals surface area contributed by atoms with Crippen LogP contribution in [0.4, 0.5) is 5.82 Å². The number of nitrogens with two attached hydrogens (primary N) is 1. The van der Waals surface area contributed by atoms with Crippen LogP contribution in [-0.4, -0.2) is 19.7 Å². The fourth-order valence-corrected chi connectivity index (χ4v) is 4.03. The van der Waals surface area contributed by atoms with E-state index in [1.807, 2.05) is 18.3 Å². The van der Waals surface area contributed by atoms with Crippen LogP contribution >= 0.6 is 22.7 Å². The molecule has 0 unspecified atom stereocenters. The van der Waals surface area contributed by atoms with Crippen molar-refractivity contribution in [2.75, 3.05) is 5.73 Å². The zero-order valence-corrected chi connectivity index (χ0v) is 12.6. The average Bonchev–Trinajstić information content (AvgIpc) is 3.19. The van der Waals surface area contributed by atoms with Gasteiger partial charge in [0.25, 0.3) is 0 Å². The normalized spacial score (nSPS) is 11.2. The Balaban J connectivity index is 1.81. The Bertz CT molecular complexity index is 878. The molecule has 0 radical (unpaired) electrons. The van der Waals surface area contributed by atoms with E-state index in [0.717, 1.165) is 15.8 Å². The summed E-state index contributed by atoms with van der Waals surface area (Å²) in [4.78, 5) is 11.2. The van der Waals surface area contributed by atoms with Crippen molar-refractivity contribution in [2.45, 2.75) is 6.54 Å². The van der Waals surface area contributed by atoms with E-state index in [2.05, 4.69) is 31.9 Å². The predicted octanol–water partition coefficient (Wildman–Crippen LogP) is 3.25. The summed E-state index contributed by atoms with van der Waals surface area (Å²) in [5.41, 5.74) is 7.29. The number of fused-ring (bicyclic) bond motifs is 1. The summed E-state index contributed by atoms with van der Waals surface area (Å²) in [7, 11) is 0. The number of nitrogen functional groups attached to an aromatic ring is 1. The summed E-state index contributed by atoms with van der Waals surface area (Å²) < 4.78 is 1.79. The van der Waals surface area contributed by atoms with E-state index in [-0.39, 0.29) is 0 Å². The molecule has 4 aromatic heterocycles. The standard InChI is InChI=1S/C14H11N5S2/c15-13-12-9(10-3-1-6-20-10)8-21-14(12)18-11(17-13)7-19-5-2-4-16-19/h1-6,8H,7H2,(H2,15,17,18). The zero-order valence-electron chi connectivity index (χ0n) is 10.9. The van der Waals surface area contributed by atoms with Gasteiger partial charge in [0.15, 0.2) is 5.82 Å². The Morgan fingerprint density at radius 2 is 2.14 bits per heavy atom. The topological polar surface area (TPSA) is 69.6 Å². The maximum Gasteiger partial charge on any atom is 0.153 e. The molecular weight excluding hydrogens is 302 g/mol. The van der Waals surface area contributed by atoms with E-state index in [1.54, 1.807) is 33.6 Å². The number of hydrogen-bond acceptors (Lipinski definition) is 6. The lowest BCUT2D eigenvalue weighted by molar-refractivity contribution is 0.659. The van der Waals surface area contributed by atoms with E-state index in [0.29, 0.717) is 18.2 Å². The molecule has 0 aliphatic carbocycles. The first-order valence-electron chi connectivity index (χ1n) is 6.36. The van der Waals surface area contributed by atoms with Gasteiger partial charge in [0.1, 0.15) is 17.2 Å². The highest BCUT2D eigenvalue weighted by Gasteiger charge is 2.14. The van der Waals surface area contributed by atoms with Crippen LogP contribution in [0, 0.1) is 0 Å². The highest BCUT2D eigenvalue weighted by atomic mass is 32.1. The number of aromatic nitrogens is 4. The third-order valence-electron chi connectivity index (χ3n) is 3.16. The van der Waals surface area contributed by atoms with E-state index in [9.17, 15) is 0 Å². The van der Waals surface area contributed by atoms with Crippen molar-refractivity contribution in [1.82, 2.24) is 19.7 Å². The van der Waals surface area contributed by atoms with Crippen LogP contribution in [0.25, 0.3) is 20.7 Å². The van der Waals surface area contributed by atoms with E-state index in [4.69, 9.17) is 5.73 Å². The molecule has 0 aliphatic heterocycles. The molecule has 4 aromatic rings. The van der Waals surface area contributed by atoms with E-state index < -0.39 is 0 Å². The molecule has 5 nitrogen and oxygen atoms in total. The molecule has 104 valence electrons. The Kier molecular flexibility index (Phi) is 2.94. The van der Waals surface area contributed by atoms with Crippen LogP contribution in [0.15, 0.2) is 41.4 Å². The Labute approximate surface area is 128 Å². The van der Waals surface area contributed by atoms with Crippen molar-refractivity contribution in [3.05, 3.63) is 47.2 Å². The molecule has 2 N–H and O–H groups in total. The van der Waals surface area contributed by atoms with Gasteiger partial charge in [-0.2, -0.15) is 5.10 Å². The van der Waals surface area contributed by atoms with Crippen LogP contribution in [0.2, 0.25) is 0 Å². The van der Waals surface area contributed by atoms with Gasteiger partial charge >= 0.3 is 0 Å². The Morgan fingerprint density at radius 1 is 1.19 bits per heavy atom. The van der Waals surface area contributed by atoms with Crippen LogP contribution in [0.1, 0.15) is 5.82 Å². The molecule has 0 saturated heterocycles. The third kappa shape index (κ3) is 2.20. The van der Waals surface area contributed by atoms with Crippen LogP contribution in [-0.2, 0) is 6.54 Å². The summed E-state index contributed by atoms with van der Waals surface area (Å²) >= 11 is 3.29. The molecule has 0 aromatic carbocycles. The molecule has 7 heteroatoms. The minimum Gasteiger partial charge on any atom is -0.383 e. The highest BCUT2D eigenvalue weighted by molar-refractivity contribution is 7.18. The minimum absolute atomic E-state index is 0.527. The van der Waals surface area contributed by atoms with Gasteiger partial charge < -0.3 is 5.73 Å². The first kappa shape index (κ1) is 12.5. The quantitative estimate of drug-likeness (QED) is 0.630. The largest absolute Gasteiger partial charge is 0.383 e. The molecule has 0 fully saturated rings. The summed E-state index contributed by atoms with van der Waals surface area (Å²) in [6, 6.07) is 6.00. The monoisotopic (exact) mass is 313 g/mol. The average molecular weight is 313 g/mol. The Morgan fingerprint density at radius 3 is 2.90 bits per heavy atom. The van der Waals surface area contributed by atoms with Crippen LogP contribution in [0.3, 0.4) is 0 Å². The lowest BCUT2D eigenvalue weighted by Gasteiger charge is -2.04. The number of anilines is 1. The van der Waals surface area contributed by atoms with Crippen LogP contribution in [0.5, 0.6) is 0 Å². The molecule has 21 heavy (non-hydrogen) atoms. The Hall–Kier alpha value is -2.25. The zero-order chi connectivity index (χ0) is 14.2. The van der Waals surface area contributed by atoms with Crippen molar-refractivity contribution in [1.29, 1.82) is 0 Å². The van der Waals surface area contributed by atoms with Crippen molar-refractivity contribution in [3.8, 4) is 10.4 Å². The molecule has 0 amide bonds. The molecule has 0 aliphatic rings. The summed E-state index contributed by atoms with van der Waals surface area (Å²) in [5.74, 6) is 1.22. The van der Waals surface area contributed by atoms with Crippen molar-refractivity contribution >= 4 is 38.7 Å². The number of hydrogen-bond donors (Lipinski definition) is 1. The minimum atomic E-state index is 0.527. The van der Waals surface area contributed by atoms with E-state index in [1.165, 1.54) is 4.88 Å². The maximum absolute atomic E-state index is 6.17. The second-order valence-corrected chi connectivity index (χ2v) is 6.34. The van der Waals surface area contributed by atoms with Gasteiger partial charge in [-0.1, -0.05) is 6.07 Å². The summed E-state index contributed by atoms with van der Waals surface area (Å²) in [5, 5.41) is 9.27. The van der Waals surface area contributed by atoms with Crippen molar-refractivity contribution in [2.24, 2.45) is 0 Å². The van der Waals surface area contributed by atoms with E-state index >= 15 is 0 Å². The van der Waals surface area contributed by atoms with Gasteiger partial charge in [-0.05, 0) is 17.5 Å². The fourth-order valence-electron chi connectivity index (χ4n) is 2.24. The van der Waals surface area contributed by atoms with Gasteiger partial charge in [0.05, 0.1) is 5.39 Å². The van der Waals surface area contributed by atoms with Crippen molar-refractivity contribution in [3.63, 3.8) is 0 Å². The van der Waals surface area contributed by atoms with Gasteiger partial charge in [-0.15, -0.1) is 22.7 Å². The van der Waals surface area contributed by atoms with Crippen LogP contribution < -0.4 is 5.73 Å². The van der Waals surface area contributed by atoms with Gasteiger partial charge in [-0.25, -0.2) is 9.97 Å². The van der Waals surface area contributed by atoms with Gasteiger partial charge in [0.2, 0.25) is 0 Å². The maximum atomic E-state index is 6.17.